The topological polar surface area (TPSA) is 43.4 Å². The summed E-state index contributed by atoms with van der Waals surface area (Å²) in [5.74, 6) is 0.0553. The van der Waals surface area contributed by atoms with Gasteiger partial charge in [-0.2, -0.15) is 0 Å². The molecule has 0 saturated heterocycles. The highest BCUT2D eigenvalue weighted by atomic mass is 35.5. The van der Waals surface area contributed by atoms with Crippen molar-refractivity contribution in [2.45, 2.75) is 24.8 Å². The van der Waals surface area contributed by atoms with Gasteiger partial charge in [0.05, 0.1) is 23.4 Å². The molecule has 0 bridgehead atoms. The molecular formula is C14H19ClO3S. The number of ether oxygens (including phenoxy) is 1. The number of benzene rings is 1. The van der Waals surface area contributed by atoms with E-state index in [1.54, 1.807) is 30.3 Å². The molecule has 0 aliphatic rings. The van der Waals surface area contributed by atoms with Crippen molar-refractivity contribution in [1.29, 1.82) is 0 Å². The van der Waals surface area contributed by atoms with Crippen molar-refractivity contribution < 1.29 is 13.2 Å². The summed E-state index contributed by atoms with van der Waals surface area (Å²) >= 11 is 5.77. The molecule has 0 saturated carbocycles. The Bertz CT molecular complexity index is 505. The van der Waals surface area contributed by atoms with Crippen LogP contribution >= 0.6 is 11.6 Å². The molecule has 0 N–H and O–H groups in total. The third-order valence-electron chi connectivity index (χ3n) is 2.50. The summed E-state index contributed by atoms with van der Waals surface area (Å²) in [6.07, 6.45) is 1.40. The van der Waals surface area contributed by atoms with Gasteiger partial charge in [0, 0.05) is 5.88 Å². The molecule has 0 fully saturated rings. The number of hydrogen-bond donors (Lipinski definition) is 0. The summed E-state index contributed by atoms with van der Waals surface area (Å²) in [4.78, 5) is 0.302. The Hall–Kier alpha value is -0.840. The van der Waals surface area contributed by atoms with E-state index in [-0.39, 0.29) is 11.6 Å². The second-order valence-corrected chi connectivity index (χ2v) is 6.83. The van der Waals surface area contributed by atoms with Gasteiger partial charge in [0.15, 0.2) is 9.84 Å². The normalized spacial score (nSPS) is 13.0. The Morgan fingerprint density at radius 3 is 2.47 bits per heavy atom. The maximum absolute atomic E-state index is 12.1. The number of halogens is 1. The van der Waals surface area contributed by atoms with Crippen LogP contribution in [0.15, 0.2) is 46.9 Å². The summed E-state index contributed by atoms with van der Waals surface area (Å²) in [5.41, 5.74) is 1.12. The zero-order valence-electron chi connectivity index (χ0n) is 11.2. The highest BCUT2D eigenvalue weighted by molar-refractivity contribution is 7.91. The monoisotopic (exact) mass is 302 g/mol. The molecule has 3 nitrogen and oxygen atoms in total. The fraction of sp³-hybridized carbons (Fsp3) is 0.429. The fourth-order valence-electron chi connectivity index (χ4n) is 1.46. The minimum atomic E-state index is -3.35. The van der Waals surface area contributed by atoms with Gasteiger partial charge in [-0.3, -0.25) is 0 Å². The van der Waals surface area contributed by atoms with E-state index in [2.05, 4.69) is 0 Å². The molecule has 19 heavy (non-hydrogen) atoms. The third kappa shape index (κ3) is 5.76. The van der Waals surface area contributed by atoms with E-state index in [9.17, 15) is 8.42 Å². The SMILES string of the molecule is CC(C)=CCOC(CCl)CS(=O)(=O)c1ccccc1. The molecule has 0 aliphatic carbocycles. The summed E-state index contributed by atoms with van der Waals surface area (Å²) in [5, 5.41) is 0. The predicted octanol–water partition coefficient (Wildman–Crippen LogP) is 3.05. The molecule has 0 radical (unpaired) electrons. The summed E-state index contributed by atoms with van der Waals surface area (Å²) in [6, 6.07) is 8.34. The summed E-state index contributed by atoms with van der Waals surface area (Å²) < 4.78 is 29.8. The van der Waals surface area contributed by atoms with Gasteiger partial charge < -0.3 is 4.74 Å². The first-order valence-corrected chi connectivity index (χ1v) is 8.23. The fourth-order valence-corrected chi connectivity index (χ4v) is 3.25. The third-order valence-corrected chi connectivity index (χ3v) is 4.65. The van der Waals surface area contributed by atoms with Crippen LogP contribution in [-0.2, 0) is 14.6 Å². The average molecular weight is 303 g/mol. The van der Waals surface area contributed by atoms with E-state index in [0.29, 0.717) is 11.5 Å². The quantitative estimate of drug-likeness (QED) is 0.574. The molecule has 1 rings (SSSR count). The number of alkyl halides is 1. The van der Waals surface area contributed by atoms with Crippen LogP contribution in [0.25, 0.3) is 0 Å². The number of hydrogen-bond acceptors (Lipinski definition) is 3. The molecule has 5 heteroatoms. The van der Waals surface area contributed by atoms with E-state index in [1.165, 1.54) is 0 Å². The molecule has 0 spiro atoms. The molecular weight excluding hydrogens is 284 g/mol. The lowest BCUT2D eigenvalue weighted by atomic mass is 10.3. The first-order valence-electron chi connectivity index (χ1n) is 6.04. The molecule has 106 valence electrons. The molecule has 0 heterocycles. The maximum Gasteiger partial charge on any atom is 0.180 e. The summed E-state index contributed by atoms with van der Waals surface area (Å²) in [6.45, 7) is 4.30. The molecule has 0 amide bonds. The van der Waals surface area contributed by atoms with Crippen molar-refractivity contribution in [3.05, 3.63) is 42.0 Å². The lowest BCUT2D eigenvalue weighted by Crippen LogP contribution is -2.26. The van der Waals surface area contributed by atoms with Crippen LogP contribution < -0.4 is 0 Å². The van der Waals surface area contributed by atoms with Crippen molar-refractivity contribution in [1.82, 2.24) is 0 Å². The minimum absolute atomic E-state index is 0.100. The zero-order chi connectivity index (χ0) is 14.3. The minimum Gasteiger partial charge on any atom is -0.372 e. The molecule has 0 aliphatic heterocycles. The molecule has 0 aromatic heterocycles. The first-order chi connectivity index (χ1) is 8.95. The second-order valence-electron chi connectivity index (χ2n) is 4.49. The van der Waals surface area contributed by atoms with Crippen LogP contribution in [0.4, 0.5) is 0 Å². The highest BCUT2D eigenvalue weighted by Gasteiger charge is 2.20. The van der Waals surface area contributed by atoms with Crippen LogP contribution in [-0.4, -0.2) is 32.8 Å². The first kappa shape index (κ1) is 16.2. The Morgan fingerprint density at radius 2 is 1.95 bits per heavy atom. The van der Waals surface area contributed by atoms with Crippen LogP contribution in [0.2, 0.25) is 0 Å². The Labute approximate surface area is 120 Å². The van der Waals surface area contributed by atoms with E-state index in [1.807, 2.05) is 19.9 Å². The predicted molar refractivity (Wildman–Crippen MR) is 78.4 cm³/mol. The number of sulfone groups is 1. The van der Waals surface area contributed by atoms with Gasteiger partial charge in [0.1, 0.15) is 0 Å². The largest absolute Gasteiger partial charge is 0.372 e. The maximum atomic E-state index is 12.1. The van der Waals surface area contributed by atoms with Crippen molar-refractivity contribution >= 4 is 21.4 Å². The van der Waals surface area contributed by atoms with E-state index < -0.39 is 15.9 Å². The molecule has 1 aromatic carbocycles. The second kappa shape index (κ2) is 7.68. The average Bonchev–Trinajstić information content (AvgIpc) is 2.38. The van der Waals surface area contributed by atoms with E-state index >= 15 is 0 Å². The molecule has 1 unspecified atom stereocenters. The van der Waals surface area contributed by atoms with Gasteiger partial charge in [-0.1, -0.05) is 29.8 Å². The Balaban J connectivity index is 2.67. The van der Waals surface area contributed by atoms with Crippen LogP contribution in [0, 0.1) is 0 Å². The van der Waals surface area contributed by atoms with Crippen LogP contribution in [0.3, 0.4) is 0 Å². The van der Waals surface area contributed by atoms with Gasteiger partial charge >= 0.3 is 0 Å². The van der Waals surface area contributed by atoms with Gasteiger partial charge in [-0.25, -0.2) is 8.42 Å². The smallest absolute Gasteiger partial charge is 0.180 e. The van der Waals surface area contributed by atoms with E-state index in [0.717, 1.165) is 5.57 Å². The lowest BCUT2D eigenvalue weighted by Gasteiger charge is -2.14. The lowest BCUT2D eigenvalue weighted by molar-refractivity contribution is 0.107. The van der Waals surface area contributed by atoms with E-state index in [4.69, 9.17) is 16.3 Å². The molecule has 1 aromatic rings. The Morgan fingerprint density at radius 1 is 1.32 bits per heavy atom. The van der Waals surface area contributed by atoms with Gasteiger partial charge in [0.25, 0.3) is 0 Å². The highest BCUT2D eigenvalue weighted by Crippen LogP contribution is 2.13. The standard InChI is InChI=1S/C14H19ClO3S/c1-12(2)8-9-18-13(10-15)11-19(16,17)14-6-4-3-5-7-14/h3-8,13H,9-11H2,1-2H3. The number of rotatable bonds is 7. The van der Waals surface area contributed by atoms with Crippen molar-refractivity contribution in [2.75, 3.05) is 18.2 Å². The summed E-state index contributed by atoms with van der Waals surface area (Å²) in [7, 11) is -3.35. The van der Waals surface area contributed by atoms with Crippen molar-refractivity contribution in [3.63, 3.8) is 0 Å². The zero-order valence-corrected chi connectivity index (χ0v) is 12.7. The van der Waals surface area contributed by atoms with Crippen molar-refractivity contribution in [2.24, 2.45) is 0 Å². The van der Waals surface area contributed by atoms with Gasteiger partial charge in [-0.15, -0.1) is 11.6 Å². The van der Waals surface area contributed by atoms with Gasteiger partial charge in [0.2, 0.25) is 0 Å². The van der Waals surface area contributed by atoms with Gasteiger partial charge in [-0.05, 0) is 26.0 Å². The van der Waals surface area contributed by atoms with Crippen molar-refractivity contribution in [3.8, 4) is 0 Å². The number of allylic oxidation sites excluding steroid dienone is 1. The molecule has 1 atom stereocenters. The Kier molecular flexibility index (Phi) is 6.55. The van der Waals surface area contributed by atoms with Crippen LogP contribution in [0.1, 0.15) is 13.8 Å². The van der Waals surface area contributed by atoms with Crippen LogP contribution in [0.5, 0.6) is 0 Å².